The van der Waals surface area contributed by atoms with Gasteiger partial charge in [-0.3, -0.25) is 0 Å². The van der Waals surface area contributed by atoms with Crippen LogP contribution in [0.5, 0.6) is 0 Å². The molecule has 96 valence electrons. The van der Waals surface area contributed by atoms with E-state index in [2.05, 4.69) is 35.3 Å². The first-order valence-electron chi connectivity index (χ1n) is 6.58. The molecule has 0 saturated carbocycles. The van der Waals surface area contributed by atoms with Crippen LogP contribution >= 0.6 is 11.6 Å². The number of aromatic amines is 1. The van der Waals surface area contributed by atoms with Gasteiger partial charge in [0.05, 0.1) is 5.02 Å². The molecule has 0 bridgehead atoms. The molecule has 0 radical (unpaired) electrons. The molecule has 0 fully saturated rings. The molecule has 0 amide bonds. The lowest BCUT2D eigenvalue weighted by atomic mass is 10.0. The lowest BCUT2D eigenvalue weighted by molar-refractivity contribution is 1.54. The minimum Gasteiger partial charge on any atom is -0.354 e. The van der Waals surface area contributed by atoms with Crippen LogP contribution in [0.2, 0.25) is 5.02 Å². The summed E-state index contributed by atoms with van der Waals surface area (Å²) < 4.78 is 0. The van der Waals surface area contributed by atoms with E-state index in [1.807, 2.05) is 36.4 Å². The Hall–Kier alpha value is -2.25. The van der Waals surface area contributed by atoms with Crippen molar-refractivity contribution in [3.63, 3.8) is 0 Å². The molecule has 4 rings (SSSR count). The van der Waals surface area contributed by atoms with E-state index in [1.165, 1.54) is 10.9 Å². The van der Waals surface area contributed by atoms with Crippen LogP contribution in [0.15, 0.2) is 66.7 Å². The van der Waals surface area contributed by atoms with Gasteiger partial charge in [-0.2, -0.15) is 0 Å². The summed E-state index contributed by atoms with van der Waals surface area (Å²) in [6.07, 6.45) is 0. The molecule has 3 aromatic carbocycles. The summed E-state index contributed by atoms with van der Waals surface area (Å²) >= 11 is 6.51. The van der Waals surface area contributed by atoms with Gasteiger partial charge in [-0.15, -0.1) is 0 Å². The van der Waals surface area contributed by atoms with Crippen molar-refractivity contribution in [1.29, 1.82) is 0 Å². The number of rotatable bonds is 1. The number of benzene rings is 3. The van der Waals surface area contributed by atoms with Gasteiger partial charge in [0.2, 0.25) is 0 Å². The second kappa shape index (κ2) is 4.39. The monoisotopic (exact) mass is 277 g/mol. The molecule has 0 atom stereocenters. The van der Waals surface area contributed by atoms with Crippen LogP contribution in [0, 0.1) is 0 Å². The van der Waals surface area contributed by atoms with E-state index in [4.69, 9.17) is 11.6 Å². The zero-order chi connectivity index (χ0) is 13.5. The first-order valence-corrected chi connectivity index (χ1v) is 6.96. The largest absolute Gasteiger partial charge is 0.354 e. The number of fused-ring (bicyclic) bond motifs is 3. The van der Waals surface area contributed by atoms with Crippen LogP contribution in [0.3, 0.4) is 0 Å². The van der Waals surface area contributed by atoms with Gasteiger partial charge < -0.3 is 4.98 Å². The van der Waals surface area contributed by atoms with Crippen molar-refractivity contribution in [3.05, 3.63) is 71.8 Å². The zero-order valence-electron chi connectivity index (χ0n) is 10.7. The van der Waals surface area contributed by atoms with Crippen molar-refractivity contribution in [3.8, 4) is 11.1 Å². The Bertz CT molecular complexity index is 907. The third-order valence-corrected chi connectivity index (χ3v) is 3.96. The normalized spacial score (nSPS) is 11.2. The van der Waals surface area contributed by atoms with Crippen molar-refractivity contribution in [1.82, 2.24) is 4.98 Å². The first-order chi connectivity index (χ1) is 9.83. The third-order valence-electron chi connectivity index (χ3n) is 3.66. The average molecular weight is 278 g/mol. The lowest BCUT2D eigenvalue weighted by Crippen LogP contribution is -1.79. The highest BCUT2D eigenvalue weighted by Crippen LogP contribution is 2.35. The number of halogens is 1. The second-order valence-corrected chi connectivity index (χ2v) is 5.32. The van der Waals surface area contributed by atoms with Crippen molar-refractivity contribution in [2.24, 2.45) is 0 Å². The number of H-pyrrole nitrogens is 1. The molecule has 1 aromatic heterocycles. The zero-order valence-corrected chi connectivity index (χ0v) is 11.5. The molecular weight excluding hydrogens is 266 g/mol. The smallest absolute Gasteiger partial charge is 0.0512 e. The van der Waals surface area contributed by atoms with Gasteiger partial charge in [-0.05, 0) is 29.3 Å². The summed E-state index contributed by atoms with van der Waals surface area (Å²) in [7, 11) is 0. The highest BCUT2D eigenvalue weighted by atomic mass is 35.5. The van der Waals surface area contributed by atoms with Gasteiger partial charge in [0, 0.05) is 21.8 Å². The summed E-state index contributed by atoms with van der Waals surface area (Å²) in [5.74, 6) is 0. The first kappa shape index (κ1) is 11.6. The van der Waals surface area contributed by atoms with E-state index >= 15 is 0 Å². The van der Waals surface area contributed by atoms with Crippen LogP contribution in [0.25, 0.3) is 32.9 Å². The molecular formula is C18H12ClN. The van der Waals surface area contributed by atoms with E-state index in [-0.39, 0.29) is 0 Å². The van der Waals surface area contributed by atoms with Crippen molar-refractivity contribution in [2.75, 3.05) is 0 Å². The van der Waals surface area contributed by atoms with Crippen molar-refractivity contribution < 1.29 is 0 Å². The molecule has 0 aliphatic rings. The standard InChI is InChI=1S/C18H12ClN/c19-15-10-13(12-6-2-1-3-7-12)11-17-18(15)14-8-4-5-9-16(14)20-17/h1-11,20H. The molecule has 1 heterocycles. The number of aromatic nitrogens is 1. The van der Waals surface area contributed by atoms with Gasteiger partial charge in [0.15, 0.2) is 0 Å². The molecule has 0 spiro atoms. The van der Waals surface area contributed by atoms with Gasteiger partial charge in [-0.25, -0.2) is 0 Å². The fraction of sp³-hybridized carbons (Fsp3) is 0. The molecule has 1 N–H and O–H groups in total. The number of hydrogen-bond acceptors (Lipinski definition) is 0. The van der Waals surface area contributed by atoms with Crippen molar-refractivity contribution >= 4 is 33.4 Å². The molecule has 0 aliphatic heterocycles. The maximum absolute atomic E-state index is 6.51. The van der Waals surface area contributed by atoms with Crippen molar-refractivity contribution in [2.45, 2.75) is 0 Å². The SMILES string of the molecule is Clc1cc(-c2ccccc2)cc2[nH]c3ccccc3c12. The van der Waals surface area contributed by atoms with E-state index in [1.54, 1.807) is 0 Å². The summed E-state index contributed by atoms with van der Waals surface area (Å²) in [6, 6.07) is 22.7. The third kappa shape index (κ3) is 1.71. The summed E-state index contributed by atoms with van der Waals surface area (Å²) in [4.78, 5) is 3.44. The predicted molar refractivity (Wildman–Crippen MR) is 86.3 cm³/mol. The van der Waals surface area contributed by atoms with Gasteiger partial charge in [0.1, 0.15) is 0 Å². The predicted octanol–water partition coefficient (Wildman–Crippen LogP) is 5.64. The molecule has 20 heavy (non-hydrogen) atoms. The molecule has 2 heteroatoms. The fourth-order valence-corrected chi connectivity index (χ4v) is 3.05. The Labute approximate surface area is 121 Å². The molecule has 0 aliphatic carbocycles. The summed E-state index contributed by atoms with van der Waals surface area (Å²) in [5, 5.41) is 3.06. The Kier molecular flexibility index (Phi) is 2.54. The molecule has 0 saturated heterocycles. The van der Waals surface area contributed by atoms with Gasteiger partial charge in [0.25, 0.3) is 0 Å². The molecule has 4 aromatic rings. The number of hydrogen-bond donors (Lipinski definition) is 1. The second-order valence-electron chi connectivity index (χ2n) is 4.92. The Morgan fingerprint density at radius 2 is 1.45 bits per heavy atom. The van der Waals surface area contributed by atoms with Crippen LogP contribution in [0.1, 0.15) is 0 Å². The maximum atomic E-state index is 6.51. The quantitative estimate of drug-likeness (QED) is 0.463. The lowest BCUT2D eigenvalue weighted by Gasteiger charge is -2.03. The Balaban J connectivity index is 2.06. The van der Waals surface area contributed by atoms with Crippen LogP contribution < -0.4 is 0 Å². The Morgan fingerprint density at radius 1 is 0.700 bits per heavy atom. The highest BCUT2D eigenvalue weighted by molar-refractivity contribution is 6.38. The van der Waals surface area contributed by atoms with E-state index in [0.717, 1.165) is 27.0 Å². The van der Waals surface area contributed by atoms with E-state index in [9.17, 15) is 0 Å². The number of para-hydroxylation sites is 1. The van der Waals surface area contributed by atoms with Gasteiger partial charge in [-0.1, -0.05) is 60.1 Å². The summed E-state index contributed by atoms with van der Waals surface area (Å²) in [5.41, 5.74) is 4.51. The fourth-order valence-electron chi connectivity index (χ4n) is 2.73. The molecule has 1 nitrogen and oxygen atoms in total. The highest BCUT2D eigenvalue weighted by Gasteiger charge is 2.09. The van der Waals surface area contributed by atoms with Gasteiger partial charge >= 0.3 is 0 Å². The maximum Gasteiger partial charge on any atom is 0.0512 e. The minimum absolute atomic E-state index is 0.791. The minimum atomic E-state index is 0.791. The topological polar surface area (TPSA) is 15.8 Å². The molecule has 0 unspecified atom stereocenters. The summed E-state index contributed by atoms with van der Waals surface area (Å²) in [6.45, 7) is 0. The van der Waals surface area contributed by atoms with E-state index in [0.29, 0.717) is 0 Å². The number of nitrogens with one attached hydrogen (secondary N) is 1. The Morgan fingerprint density at radius 3 is 2.30 bits per heavy atom. The van der Waals surface area contributed by atoms with Crippen LogP contribution in [-0.2, 0) is 0 Å². The van der Waals surface area contributed by atoms with Crippen LogP contribution in [0.4, 0.5) is 0 Å². The van der Waals surface area contributed by atoms with Crippen LogP contribution in [-0.4, -0.2) is 4.98 Å². The average Bonchev–Trinajstić information content (AvgIpc) is 2.87. The van der Waals surface area contributed by atoms with E-state index < -0.39 is 0 Å².